The number of methoxy groups -OCH3 is 1. The van der Waals surface area contributed by atoms with Gasteiger partial charge in [0.25, 0.3) is 5.91 Å². The van der Waals surface area contributed by atoms with Gasteiger partial charge in [-0.25, -0.2) is 0 Å². The SMILES string of the molecule is COc1cc(C(=S)N2CCOCC2)ccc1OCC(=O)Nc1ccc(C)c(C)c1. The summed E-state index contributed by atoms with van der Waals surface area (Å²) in [4.78, 5) is 15.1. The molecule has 1 amide bonds. The van der Waals surface area contributed by atoms with Gasteiger partial charge < -0.3 is 24.4 Å². The minimum Gasteiger partial charge on any atom is -0.493 e. The van der Waals surface area contributed by atoms with E-state index in [0.717, 1.165) is 34.9 Å². The first-order valence-electron chi connectivity index (χ1n) is 9.53. The summed E-state index contributed by atoms with van der Waals surface area (Å²) < 4.78 is 16.5. The summed E-state index contributed by atoms with van der Waals surface area (Å²) in [6.45, 7) is 6.83. The number of hydrogen-bond donors (Lipinski definition) is 1. The maximum atomic E-state index is 12.2. The normalized spacial score (nSPS) is 13.7. The minimum atomic E-state index is -0.233. The number of carbonyl (C=O) groups is 1. The highest BCUT2D eigenvalue weighted by Crippen LogP contribution is 2.29. The summed E-state index contributed by atoms with van der Waals surface area (Å²) in [7, 11) is 1.57. The van der Waals surface area contributed by atoms with Crippen LogP contribution in [0.4, 0.5) is 5.69 Å². The molecule has 1 fully saturated rings. The Hall–Kier alpha value is -2.64. The smallest absolute Gasteiger partial charge is 0.262 e. The van der Waals surface area contributed by atoms with Crippen LogP contribution in [0.3, 0.4) is 0 Å². The van der Waals surface area contributed by atoms with Crippen molar-refractivity contribution in [2.75, 3.05) is 45.3 Å². The van der Waals surface area contributed by atoms with Gasteiger partial charge in [-0.1, -0.05) is 18.3 Å². The third kappa shape index (κ3) is 5.46. The highest BCUT2D eigenvalue weighted by Gasteiger charge is 2.17. The molecule has 1 N–H and O–H groups in total. The van der Waals surface area contributed by atoms with Gasteiger partial charge in [-0.05, 0) is 55.3 Å². The number of thiocarbonyl (C=S) groups is 1. The fourth-order valence-electron chi connectivity index (χ4n) is 3.03. The first kappa shape index (κ1) is 21.1. The number of morpholine rings is 1. The topological polar surface area (TPSA) is 60.0 Å². The number of hydrogen-bond acceptors (Lipinski definition) is 5. The molecule has 0 unspecified atom stereocenters. The predicted molar refractivity (Wildman–Crippen MR) is 117 cm³/mol. The second-order valence-corrected chi connectivity index (χ2v) is 7.29. The molecule has 0 aromatic heterocycles. The van der Waals surface area contributed by atoms with E-state index in [4.69, 9.17) is 26.4 Å². The molecular weight excluding hydrogens is 388 g/mol. The quantitative estimate of drug-likeness (QED) is 0.732. The van der Waals surface area contributed by atoms with Crippen molar-refractivity contribution in [3.63, 3.8) is 0 Å². The number of rotatable bonds is 6. The first-order valence-corrected chi connectivity index (χ1v) is 9.93. The van der Waals surface area contributed by atoms with Crippen molar-refractivity contribution in [3.8, 4) is 11.5 Å². The van der Waals surface area contributed by atoms with Crippen LogP contribution in [-0.4, -0.2) is 55.8 Å². The molecule has 0 spiro atoms. The van der Waals surface area contributed by atoms with Crippen LogP contribution in [0.25, 0.3) is 0 Å². The highest BCUT2D eigenvalue weighted by molar-refractivity contribution is 7.80. The molecule has 154 valence electrons. The second-order valence-electron chi connectivity index (χ2n) is 6.91. The fraction of sp³-hybridized carbons (Fsp3) is 0.364. The van der Waals surface area contributed by atoms with Crippen molar-refractivity contribution in [2.24, 2.45) is 0 Å². The monoisotopic (exact) mass is 414 g/mol. The summed E-state index contributed by atoms with van der Waals surface area (Å²) in [5, 5.41) is 2.85. The van der Waals surface area contributed by atoms with Crippen molar-refractivity contribution >= 4 is 28.8 Å². The Labute approximate surface area is 176 Å². The zero-order chi connectivity index (χ0) is 20.8. The standard InChI is InChI=1S/C22H26N2O4S/c1-15-4-6-18(12-16(15)2)23-21(25)14-28-19-7-5-17(13-20(19)26-3)22(29)24-8-10-27-11-9-24/h4-7,12-13H,8-11,14H2,1-3H3,(H,23,25). The lowest BCUT2D eigenvalue weighted by Crippen LogP contribution is -2.40. The molecule has 0 atom stereocenters. The molecule has 3 rings (SSSR count). The van der Waals surface area contributed by atoms with E-state index < -0.39 is 0 Å². The largest absolute Gasteiger partial charge is 0.493 e. The summed E-state index contributed by atoms with van der Waals surface area (Å²) in [6.07, 6.45) is 0. The van der Waals surface area contributed by atoms with E-state index in [1.807, 2.05) is 44.2 Å². The lowest BCUT2D eigenvalue weighted by molar-refractivity contribution is -0.118. The summed E-state index contributed by atoms with van der Waals surface area (Å²) in [6, 6.07) is 11.3. The Morgan fingerprint density at radius 2 is 1.86 bits per heavy atom. The van der Waals surface area contributed by atoms with Crippen molar-refractivity contribution < 1.29 is 19.0 Å². The molecule has 7 heteroatoms. The maximum Gasteiger partial charge on any atom is 0.262 e. The second kappa shape index (κ2) is 9.71. The molecule has 1 heterocycles. The zero-order valence-corrected chi connectivity index (χ0v) is 17.8. The molecule has 0 bridgehead atoms. The number of amides is 1. The van der Waals surface area contributed by atoms with Crippen LogP contribution < -0.4 is 14.8 Å². The average molecular weight is 415 g/mol. The van der Waals surface area contributed by atoms with Gasteiger partial charge in [0.05, 0.1) is 20.3 Å². The van der Waals surface area contributed by atoms with Crippen molar-refractivity contribution in [1.29, 1.82) is 0 Å². The van der Waals surface area contributed by atoms with Crippen LogP contribution in [0, 0.1) is 13.8 Å². The Bertz CT molecular complexity index is 894. The summed E-state index contributed by atoms with van der Waals surface area (Å²) in [5.74, 6) is 0.802. The lowest BCUT2D eigenvalue weighted by atomic mass is 10.1. The molecule has 1 aliphatic rings. The van der Waals surface area contributed by atoms with Crippen molar-refractivity contribution in [3.05, 3.63) is 53.1 Å². The number of ether oxygens (including phenoxy) is 3. The molecule has 1 aliphatic heterocycles. The van der Waals surface area contributed by atoms with Gasteiger partial charge in [0, 0.05) is 24.3 Å². The Morgan fingerprint density at radius 1 is 1.10 bits per heavy atom. The number of anilines is 1. The molecule has 29 heavy (non-hydrogen) atoms. The average Bonchev–Trinajstić information content (AvgIpc) is 2.75. The maximum absolute atomic E-state index is 12.2. The van der Waals surface area contributed by atoms with E-state index in [-0.39, 0.29) is 12.5 Å². The van der Waals surface area contributed by atoms with Gasteiger partial charge in [0.2, 0.25) is 0 Å². The van der Waals surface area contributed by atoms with Crippen LogP contribution in [0.1, 0.15) is 16.7 Å². The van der Waals surface area contributed by atoms with E-state index in [1.165, 1.54) is 5.56 Å². The molecular formula is C22H26N2O4S. The Morgan fingerprint density at radius 3 is 2.55 bits per heavy atom. The highest BCUT2D eigenvalue weighted by atomic mass is 32.1. The van der Waals surface area contributed by atoms with Gasteiger partial charge in [-0.2, -0.15) is 0 Å². The number of nitrogens with zero attached hydrogens (tertiary/aromatic N) is 1. The van der Waals surface area contributed by atoms with Gasteiger partial charge in [0.1, 0.15) is 4.99 Å². The van der Waals surface area contributed by atoms with Gasteiger partial charge in [0.15, 0.2) is 18.1 Å². The zero-order valence-electron chi connectivity index (χ0n) is 17.0. The number of carbonyl (C=O) groups excluding carboxylic acids is 1. The number of benzene rings is 2. The molecule has 6 nitrogen and oxygen atoms in total. The molecule has 1 saturated heterocycles. The fourth-order valence-corrected chi connectivity index (χ4v) is 3.34. The Kier molecular flexibility index (Phi) is 7.06. The summed E-state index contributed by atoms with van der Waals surface area (Å²) in [5.41, 5.74) is 3.93. The van der Waals surface area contributed by atoms with Crippen LogP contribution >= 0.6 is 12.2 Å². The van der Waals surface area contributed by atoms with Crippen LogP contribution in [0.15, 0.2) is 36.4 Å². The van der Waals surface area contributed by atoms with E-state index in [0.29, 0.717) is 24.7 Å². The van der Waals surface area contributed by atoms with Crippen molar-refractivity contribution in [1.82, 2.24) is 4.90 Å². The Balaban J connectivity index is 1.62. The first-order chi connectivity index (χ1) is 14.0. The van der Waals surface area contributed by atoms with E-state index in [2.05, 4.69) is 10.2 Å². The summed E-state index contributed by atoms with van der Waals surface area (Å²) >= 11 is 5.60. The number of nitrogens with one attached hydrogen (secondary N) is 1. The van der Waals surface area contributed by atoms with E-state index in [9.17, 15) is 4.79 Å². The molecule has 0 radical (unpaired) electrons. The van der Waals surface area contributed by atoms with Crippen LogP contribution in [0.2, 0.25) is 0 Å². The van der Waals surface area contributed by atoms with Crippen molar-refractivity contribution in [2.45, 2.75) is 13.8 Å². The van der Waals surface area contributed by atoms with Crippen LogP contribution in [0.5, 0.6) is 11.5 Å². The molecule has 2 aromatic rings. The van der Waals surface area contributed by atoms with Gasteiger partial charge in [-0.15, -0.1) is 0 Å². The van der Waals surface area contributed by atoms with Crippen LogP contribution in [-0.2, 0) is 9.53 Å². The number of aryl methyl sites for hydroxylation is 2. The van der Waals surface area contributed by atoms with E-state index in [1.54, 1.807) is 13.2 Å². The molecule has 2 aromatic carbocycles. The third-order valence-corrected chi connectivity index (χ3v) is 5.35. The lowest BCUT2D eigenvalue weighted by Gasteiger charge is -2.29. The van der Waals surface area contributed by atoms with Gasteiger partial charge >= 0.3 is 0 Å². The molecule has 0 aliphatic carbocycles. The van der Waals surface area contributed by atoms with E-state index >= 15 is 0 Å². The minimum absolute atomic E-state index is 0.115. The molecule has 0 saturated carbocycles. The third-order valence-electron chi connectivity index (χ3n) is 4.86. The van der Waals surface area contributed by atoms with Gasteiger partial charge in [-0.3, -0.25) is 4.79 Å². The predicted octanol–water partition coefficient (Wildman–Crippen LogP) is 3.34.